The third-order valence-corrected chi connectivity index (χ3v) is 1.37. The molecule has 0 amide bonds. The predicted octanol–water partition coefficient (Wildman–Crippen LogP) is 2.37. The van der Waals surface area contributed by atoms with Gasteiger partial charge in [0, 0.05) is 0 Å². The smallest absolute Gasteiger partial charge is 0.256 e. The lowest BCUT2D eigenvalue weighted by Crippen LogP contribution is -2.10. The molecule has 0 saturated carbocycles. The fraction of sp³-hybridized carbons (Fsp3) is 0.200. The highest BCUT2D eigenvalue weighted by Gasteiger charge is 2.19. The minimum absolute atomic E-state index is 0.804. The molecule has 0 fully saturated rings. The van der Waals surface area contributed by atoms with Crippen LogP contribution >= 0.6 is 27.5 Å². The number of ether oxygens (including phenoxy) is 1. The molecule has 0 N–H and O–H groups in total. The number of allylic oxidation sites excluding steroid dienone is 2. The molecule has 1 atom stereocenters. The van der Waals surface area contributed by atoms with E-state index in [1.54, 1.807) is 12.2 Å². The first kappa shape index (κ1) is 6.17. The Morgan fingerprint density at radius 2 is 2.25 bits per heavy atom. The number of hydrogen-bond acceptors (Lipinski definition) is 1. The Kier molecular flexibility index (Phi) is 1.63. The van der Waals surface area contributed by atoms with Crippen LogP contribution in [0.1, 0.15) is 0 Å². The highest BCUT2D eigenvalue weighted by molar-refractivity contribution is 9.10. The number of rotatable bonds is 0. The molecule has 0 aromatic carbocycles. The average Bonchev–Trinajstić information content (AvgIpc) is 1.65. The maximum Gasteiger partial charge on any atom is 0.256 e. The van der Waals surface area contributed by atoms with Gasteiger partial charge in [0.25, 0.3) is 3.97 Å². The van der Waals surface area contributed by atoms with E-state index in [0.29, 0.717) is 0 Å². The van der Waals surface area contributed by atoms with Crippen LogP contribution < -0.4 is 0 Å². The molecule has 0 aromatic rings. The maximum absolute atomic E-state index is 5.63. The summed E-state index contributed by atoms with van der Waals surface area (Å²) < 4.78 is 4.08. The van der Waals surface area contributed by atoms with E-state index >= 15 is 0 Å². The van der Waals surface area contributed by atoms with Crippen LogP contribution in [0.5, 0.6) is 0 Å². The standard InChI is InChI=1S/C5H4BrClO/c6-5(7)3-1-2-4-8-5/h1-4H. The van der Waals surface area contributed by atoms with Gasteiger partial charge in [0.1, 0.15) is 0 Å². The lowest BCUT2D eigenvalue weighted by atomic mass is 10.4. The molecule has 0 radical (unpaired) electrons. The molecule has 1 aliphatic rings. The molecule has 3 heteroatoms. The van der Waals surface area contributed by atoms with E-state index in [9.17, 15) is 0 Å². The molecule has 1 rings (SSSR count). The molecule has 44 valence electrons. The minimum atomic E-state index is -0.804. The van der Waals surface area contributed by atoms with Crippen LogP contribution in [0.25, 0.3) is 0 Å². The van der Waals surface area contributed by atoms with Gasteiger partial charge >= 0.3 is 0 Å². The van der Waals surface area contributed by atoms with E-state index in [2.05, 4.69) is 15.9 Å². The van der Waals surface area contributed by atoms with Gasteiger partial charge in [-0.3, -0.25) is 0 Å². The van der Waals surface area contributed by atoms with Crippen molar-refractivity contribution in [2.75, 3.05) is 0 Å². The predicted molar refractivity (Wildman–Crippen MR) is 36.9 cm³/mol. The lowest BCUT2D eigenvalue weighted by Gasteiger charge is -2.16. The minimum Gasteiger partial charge on any atom is -0.466 e. The van der Waals surface area contributed by atoms with Crippen LogP contribution in [0.4, 0.5) is 0 Å². The van der Waals surface area contributed by atoms with E-state index in [1.807, 2.05) is 6.08 Å². The van der Waals surface area contributed by atoms with Crippen molar-refractivity contribution in [3.63, 3.8) is 0 Å². The molecule has 8 heavy (non-hydrogen) atoms. The molecule has 0 aliphatic carbocycles. The Labute approximate surface area is 61.1 Å². The summed E-state index contributed by atoms with van der Waals surface area (Å²) in [6.45, 7) is 0. The van der Waals surface area contributed by atoms with Gasteiger partial charge in [0.05, 0.1) is 6.26 Å². The molecule has 1 heterocycles. The van der Waals surface area contributed by atoms with Gasteiger partial charge < -0.3 is 4.74 Å². The fourth-order valence-electron chi connectivity index (χ4n) is 0.382. The van der Waals surface area contributed by atoms with Crippen molar-refractivity contribution in [2.45, 2.75) is 3.97 Å². The van der Waals surface area contributed by atoms with Crippen molar-refractivity contribution >= 4 is 27.5 Å². The van der Waals surface area contributed by atoms with Crippen molar-refractivity contribution in [3.05, 3.63) is 24.5 Å². The third-order valence-electron chi connectivity index (χ3n) is 0.705. The van der Waals surface area contributed by atoms with Crippen molar-refractivity contribution in [3.8, 4) is 0 Å². The number of hydrogen-bond donors (Lipinski definition) is 0. The van der Waals surface area contributed by atoms with E-state index in [0.717, 1.165) is 0 Å². The van der Waals surface area contributed by atoms with Gasteiger partial charge in [-0.2, -0.15) is 0 Å². The summed E-state index contributed by atoms with van der Waals surface area (Å²) in [5, 5.41) is 0. The topological polar surface area (TPSA) is 9.23 Å². The molecule has 1 unspecified atom stereocenters. The number of alkyl halides is 2. The lowest BCUT2D eigenvalue weighted by molar-refractivity contribution is 0.230. The van der Waals surface area contributed by atoms with E-state index in [-0.39, 0.29) is 0 Å². The molecule has 1 nitrogen and oxygen atoms in total. The molecule has 0 saturated heterocycles. The molecule has 0 spiro atoms. The first-order valence-corrected chi connectivity index (χ1v) is 3.28. The summed E-state index contributed by atoms with van der Waals surface area (Å²) in [6.07, 6.45) is 6.81. The molecular formula is C5H4BrClO. The van der Waals surface area contributed by atoms with Crippen LogP contribution in [-0.2, 0) is 4.74 Å². The zero-order valence-electron chi connectivity index (χ0n) is 3.97. The van der Waals surface area contributed by atoms with Gasteiger partial charge in [-0.15, -0.1) is 0 Å². The summed E-state index contributed by atoms with van der Waals surface area (Å²) in [7, 11) is 0. The second-order valence-electron chi connectivity index (χ2n) is 1.37. The fourth-order valence-corrected chi connectivity index (χ4v) is 0.767. The Morgan fingerprint density at radius 3 is 2.50 bits per heavy atom. The highest BCUT2D eigenvalue weighted by Crippen LogP contribution is 2.28. The van der Waals surface area contributed by atoms with Crippen LogP contribution in [0.3, 0.4) is 0 Å². The quantitative estimate of drug-likeness (QED) is 0.539. The maximum atomic E-state index is 5.63. The first-order chi connectivity index (χ1) is 3.71. The zero-order chi connectivity index (χ0) is 6.04. The van der Waals surface area contributed by atoms with Crippen LogP contribution in [-0.4, -0.2) is 3.97 Å². The summed E-state index contributed by atoms with van der Waals surface area (Å²) in [6, 6.07) is 0. The third kappa shape index (κ3) is 1.53. The molecule has 1 aliphatic heterocycles. The molecular weight excluding hydrogens is 191 g/mol. The van der Waals surface area contributed by atoms with Gasteiger partial charge in [-0.1, -0.05) is 17.7 Å². The number of halogens is 2. The average molecular weight is 195 g/mol. The Morgan fingerprint density at radius 1 is 1.50 bits per heavy atom. The highest BCUT2D eigenvalue weighted by atomic mass is 79.9. The van der Waals surface area contributed by atoms with Gasteiger partial charge in [0.15, 0.2) is 0 Å². The normalized spacial score (nSPS) is 34.8. The Balaban J connectivity index is 2.65. The second kappa shape index (κ2) is 2.11. The van der Waals surface area contributed by atoms with Gasteiger partial charge in [-0.25, -0.2) is 0 Å². The van der Waals surface area contributed by atoms with Crippen molar-refractivity contribution < 1.29 is 4.74 Å². The summed E-state index contributed by atoms with van der Waals surface area (Å²) in [5.41, 5.74) is 0. The zero-order valence-corrected chi connectivity index (χ0v) is 6.32. The summed E-state index contributed by atoms with van der Waals surface area (Å²) in [4.78, 5) is 0. The van der Waals surface area contributed by atoms with Crippen molar-refractivity contribution in [1.82, 2.24) is 0 Å². The monoisotopic (exact) mass is 194 g/mol. The van der Waals surface area contributed by atoms with Gasteiger partial charge in [-0.05, 0) is 28.1 Å². The summed E-state index contributed by atoms with van der Waals surface area (Å²) >= 11 is 8.73. The van der Waals surface area contributed by atoms with Crippen molar-refractivity contribution in [1.29, 1.82) is 0 Å². The Bertz CT molecular complexity index is 139. The van der Waals surface area contributed by atoms with Crippen LogP contribution in [0, 0.1) is 0 Å². The molecule has 0 bridgehead atoms. The van der Waals surface area contributed by atoms with Crippen molar-refractivity contribution in [2.24, 2.45) is 0 Å². The first-order valence-electron chi connectivity index (χ1n) is 2.11. The van der Waals surface area contributed by atoms with E-state index in [1.165, 1.54) is 6.26 Å². The SMILES string of the molecule is ClC1(Br)C=CC=CO1. The summed E-state index contributed by atoms with van der Waals surface area (Å²) in [5.74, 6) is 0. The largest absolute Gasteiger partial charge is 0.466 e. The second-order valence-corrected chi connectivity index (χ2v) is 3.56. The Hall–Kier alpha value is 0.0500. The van der Waals surface area contributed by atoms with Crippen LogP contribution in [0.15, 0.2) is 24.5 Å². The van der Waals surface area contributed by atoms with E-state index < -0.39 is 3.97 Å². The van der Waals surface area contributed by atoms with E-state index in [4.69, 9.17) is 16.3 Å². The molecule has 0 aromatic heterocycles. The van der Waals surface area contributed by atoms with Crippen LogP contribution in [0.2, 0.25) is 0 Å². The van der Waals surface area contributed by atoms with Gasteiger partial charge in [0.2, 0.25) is 0 Å².